The molecule has 0 saturated carbocycles. The largest absolute Gasteiger partial charge is 0.381 e. The van der Waals surface area contributed by atoms with Crippen LogP contribution in [0.15, 0.2) is 6.07 Å². The third-order valence-corrected chi connectivity index (χ3v) is 8.56. The third-order valence-electron chi connectivity index (χ3n) is 8.56. The van der Waals surface area contributed by atoms with E-state index in [0.717, 1.165) is 56.1 Å². The molecule has 0 radical (unpaired) electrons. The predicted octanol–water partition coefficient (Wildman–Crippen LogP) is 3.18. The lowest BCUT2D eigenvalue weighted by Crippen LogP contribution is -2.62. The first-order chi connectivity index (χ1) is 18.1. The molecular weight excluding hydrogens is 484 g/mol. The number of aromatic nitrogens is 4. The minimum atomic E-state index is -0.577. The average molecular weight is 527 g/mol. The van der Waals surface area contributed by atoms with Crippen LogP contribution in [-0.2, 0) is 23.4 Å². The fourth-order valence-corrected chi connectivity index (χ4v) is 6.20. The van der Waals surface area contributed by atoms with E-state index in [1.807, 2.05) is 37.5 Å². The number of H-pyrrole nitrogens is 1. The lowest BCUT2D eigenvalue weighted by molar-refractivity contribution is 0.00882. The maximum absolute atomic E-state index is 14.0. The first kappa shape index (κ1) is 26.7. The van der Waals surface area contributed by atoms with Gasteiger partial charge in [-0.25, -0.2) is 4.79 Å². The van der Waals surface area contributed by atoms with E-state index in [2.05, 4.69) is 39.4 Å². The summed E-state index contributed by atoms with van der Waals surface area (Å²) < 4.78 is 7.22. The standard InChI is InChI=1S/C27H42N8O3/c1-7-35-22(12-17(2)31-35)25(36)28-24-21-16-34(27(5,6)23(21)29-30-24)26(37)33-14-18(3)32(13-19(33)4)15-20-8-10-38-11-9-20/h12,18-20H,7-11,13-16H2,1-6H3,(H2,28,29,30,36)/t18-,19?/m1/s1. The average Bonchev–Trinajstić information content (AvgIpc) is 3.54. The molecule has 2 aromatic rings. The van der Waals surface area contributed by atoms with Gasteiger partial charge in [0.1, 0.15) is 5.69 Å². The van der Waals surface area contributed by atoms with Crippen molar-refractivity contribution in [3.8, 4) is 0 Å². The molecule has 208 valence electrons. The molecule has 3 aliphatic rings. The molecule has 2 saturated heterocycles. The number of amides is 3. The highest BCUT2D eigenvalue weighted by atomic mass is 16.5. The van der Waals surface area contributed by atoms with Gasteiger partial charge in [0.15, 0.2) is 5.82 Å². The van der Waals surface area contributed by atoms with Crippen molar-refractivity contribution in [2.24, 2.45) is 5.92 Å². The van der Waals surface area contributed by atoms with Gasteiger partial charge in [-0.05, 0) is 66.4 Å². The fourth-order valence-electron chi connectivity index (χ4n) is 6.20. The topological polar surface area (TPSA) is 112 Å². The molecule has 3 aliphatic heterocycles. The second-order valence-electron chi connectivity index (χ2n) is 11.7. The normalized spacial score (nSPS) is 24.1. The van der Waals surface area contributed by atoms with Crippen LogP contribution in [0.2, 0.25) is 0 Å². The van der Waals surface area contributed by atoms with Crippen LogP contribution in [0, 0.1) is 12.8 Å². The number of carbonyl (C=O) groups excluding carboxylic acids is 2. The second kappa shape index (κ2) is 10.3. The summed E-state index contributed by atoms with van der Waals surface area (Å²) in [5.41, 5.74) is 2.42. The van der Waals surface area contributed by atoms with Crippen LogP contribution in [0.1, 0.15) is 74.9 Å². The zero-order chi connectivity index (χ0) is 27.2. The van der Waals surface area contributed by atoms with Crippen molar-refractivity contribution in [2.75, 3.05) is 38.2 Å². The number of hydrogen-bond donors (Lipinski definition) is 2. The molecule has 2 aromatic heterocycles. The zero-order valence-corrected chi connectivity index (χ0v) is 23.6. The van der Waals surface area contributed by atoms with Crippen molar-refractivity contribution < 1.29 is 14.3 Å². The van der Waals surface area contributed by atoms with Crippen molar-refractivity contribution >= 4 is 17.8 Å². The number of ether oxygens (including phenoxy) is 1. The van der Waals surface area contributed by atoms with Gasteiger partial charge in [0.2, 0.25) is 0 Å². The number of carbonyl (C=O) groups is 2. The second-order valence-corrected chi connectivity index (χ2v) is 11.7. The maximum atomic E-state index is 14.0. The van der Waals surface area contributed by atoms with Gasteiger partial charge in [-0.3, -0.25) is 19.5 Å². The zero-order valence-electron chi connectivity index (χ0n) is 23.6. The molecule has 2 N–H and O–H groups in total. The Bertz CT molecular complexity index is 1180. The molecule has 3 amide bonds. The summed E-state index contributed by atoms with van der Waals surface area (Å²) in [5, 5.41) is 14.8. The Morgan fingerprint density at radius 3 is 2.63 bits per heavy atom. The smallest absolute Gasteiger partial charge is 0.321 e. The van der Waals surface area contributed by atoms with Crippen LogP contribution in [0.3, 0.4) is 0 Å². The number of nitrogens with zero attached hydrogens (tertiary/aromatic N) is 6. The molecule has 5 rings (SSSR count). The molecule has 11 heteroatoms. The number of piperazine rings is 1. The summed E-state index contributed by atoms with van der Waals surface area (Å²) in [5.74, 6) is 0.884. The highest BCUT2D eigenvalue weighted by Gasteiger charge is 2.47. The van der Waals surface area contributed by atoms with Crippen LogP contribution in [-0.4, -0.2) is 91.5 Å². The lowest BCUT2D eigenvalue weighted by atomic mass is 9.97. The van der Waals surface area contributed by atoms with Gasteiger partial charge in [0, 0.05) is 57.0 Å². The van der Waals surface area contributed by atoms with E-state index < -0.39 is 5.54 Å². The number of hydrogen-bond acceptors (Lipinski definition) is 6. The number of anilines is 1. The number of rotatable bonds is 5. The number of aryl methyl sites for hydroxylation is 2. The van der Waals surface area contributed by atoms with Crippen molar-refractivity contribution in [1.82, 2.24) is 34.7 Å². The van der Waals surface area contributed by atoms with E-state index in [-0.39, 0.29) is 18.0 Å². The molecule has 38 heavy (non-hydrogen) atoms. The van der Waals surface area contributed by atoms with Gasteiger partial charge < -0.3 is 19.9 Å². The van der Waals surface area contributed by atoms with Crippen molar-refractivity contribution in [2.45, 2.75) is 85.1 Å². The Labute approximate surface area is 224 Å². The Morgan fingerprint density at radius 1 is 1.18 bits per heavy atom. The Morgan fingerprint density at radius 2 is 1.92 bits per heavy atom. The fraction of sp³-hybridized carbons (Fsp3) is 0.704. The molecule has 1 unspecified atom stereocenters. The van der Waals surface area contributed by atoms with Crippen molar-refractivity contribution in [1.29, 1.82) is 0 Å². The molecule has 2 atom stereocenters. The van der Waals surface area contributed by atoms with Crippen LogP contribution in [0.25, 0.3) is 0 Å². The van der Waals surface area contributed by atoms with Crippen LogP contribution >= 0.6 is 0 Å². The van der Waals surface area contributed by atoms with Crippen LogP contribution < -0.4 is 5.32 Å². The van der Waals surface area contributed by atoms with Gasteiger partial charge in [-0.15, -0.1) is 0 Å². The monoisotopic (exact) mass is 526 g/mol. The van der Waals surface area contributed by atoms with Crippen LogP contribution in [0.4, 0.5) is 10.6 Å². The van der Waals surface area contributed by atoms with Crippen molar-refractivity contribution in [3.63, 3.8) is 0 Å². The SMILES string of the molecule is CCn1nc(C)cc1C(=O)Nc1n[nH]c2c1CN(C(=O)N1C[C@@H](C)N(CC3CCOCC3)CC1C)C2(C)C. The van der Waals surface area contributed by atoms with Gasteiger partial charge in [0.05, 0.1) is 23.5 Å². The van der Waals surface area contributed by atoms with Gasteiger partial charge >= 0.3 is 6.03 Å². The first-order valence-corrected chi connectivity index (χ1v) is 13.9. The van der Waals surface area contributed by atoms with E-state index in [1.54, 1.807) is 10.7 Å². The minimum Gasteiger partial charge on any atom is -0.381 e. The molecule has 0 spiro atoms. The summed E-state index contributed by atoms with van der Waals surface area (Å²) in [6, 6.07) is 2.21. The van der Waals surface area contributed by atoms with Gasteiger partial charge in [-0.2, -0.15) is 10.2 Å². The lowest BCUT2D eigenvalue weighted by Gasteiger charge is -2.47. The summed E-state index contributed by atoms with van der Waals surface area (Å²) in [6.07, 6.45) is 2.24. The highest BCUT2D eigenvalue weighted by molar-refractivity contribution is 6.03. The van der Waals surface area contributed by atoms with E-state index in [9.17, 15) is 9.59 Å². The quantitative estimate of drug-likeness (QED) is 0.619. The minimum absolute atomic E-state index is 0.0293. The van der Waals surface area contributed by atoms with Gasteiger partial charge in [-0.1, -0.05) is 0 Å². The molecule has 0 bridgehead atoms. The van der Waals surface area contributed by atoms with E-state index in [0.29, 0.717) is 43.1 Å². The molecule has 0 aliphatic carbocycles. The number of aromatic amines is 1. The first-order valence-electron chi connectivity index (χ1n) is 13.9. The Balaban J connectivity index is 1.28. The molecule has 2 fully saturated rings. The number of nitrogens with one attached hydrogen (secondary N) is 2. The molecule has 0 aromatic carbocycles. The Hall–Kier alpha value is -2.92. The van der Waals surface area contributed by atoms with Crippen LogP contribution in [0.5, 0.6) is 0 Å². The third kappa shape index (κ3) is 4.82. The summed E-state index contributed by atoms with van der Waals surface area (Å²) in [6.45, 7) is 17.6. The summed E-state index contributed by atoms with van der Waals surface area (Å²) in [4.78, 5) is 33.5. The molecule has 5 heterocycles. The van der Waals surface area contributed by atoms with E-state index in [1.165, 1.54) is 0 Å². The summed E-state index contributed by atoms with van der Waals surface area (Å²) in [7, 11) is 0. The molecular formula is C27H42N8O3. The highest BCUT2D eigenvalue weighted by Crippen LogP contribution is 2.41. The predicted molar refractivity (Wildman–Crippen MR) is 144 cm³/mol. The maximum Gasteiger partial charge on any atom is 0.321 e. The van der Waals surface area contributed by atoms with Crippen molar-refractivity contribution in [3.05, 3.63) is 28.7 Å². The summed E-state index contributed by atoms with van der Waals surface area (Å²) >= 11 is 0. The Kier molecular flexibility index (Phi) is 7.25. The van der Waals surface area contributed by atoms with E-state index >= 15 is 0 Å². The van der Waals surface area contributed by atoms with Gasteiger partial charge in [0.25, 0.3) is 5.91 Å². The van der Waals surface area contributed by atoms with E-state index in [4.69, 9.17) is 4.74 Å². The number of fused-ring (bicyclic) bond motifs is 1. The molecule has 11 nitrogen and oxygen atoms in total. The number of urea groups is 1.